The van der Waals surface area contributed by atoms with E-state index >= 15 is 0 Å². The summed E-state index contributed by atoms with van der Waals surface area (Å²) >= 11 is 0. The van der Waals surface area contributed by atoms with Gasteiger partial charge in [-0.1, -0.05) is 19.1 Å². The third kappa shape index (κ3) is 4.35. The molecule has 20 heavy (non-hydrogen) atoms. The maximum Gasteiger partial charge on any atom is 0.220 e. The second kappa shape index (κ2) is 7.65. The predicted octanol–water partition coefficient (Wildman–Crippen LogP) is 2.21. The fraction of sp³-hybridized carbons (Fsp3) is 0.467. The number of nitrogens with one attached hydrogen (secondary N) is 1. The summed E-state index contributed by atoms with van der Waals surface area (Å²) in [6, 6.07) is 7.89. The van der Waals surface area contributed by atoms with Crippen LogP contribution in [0.3, 0.4) is 0 Å². The maximum atomic E-state index is 5.65. The number of methoxy groups -OCH3 is 1. The first-order valence-corrected chi connectivity index (χ1v) is 6.96. The number of hydrogen-bond donors (Lipinski definition) is 1. The van der Waals surface area contributed by atoms with E-state index in [0.29, 0.717) is 18.2 Å². The van der Waals surface area contributed by atoms with Gasteiger partial charge in [0.1, 0.15) is 5.75 Å². The number of aromatic nitrogens is 2. The molecule has 0 aliphatic heterocycles. The van der Waals surface area contributed by atoms with Crippen LogP contribution in [0.15, 0.2) is 28.7 Å². The molecule has 1 aromatic heterocycles. The fourth-order valence-corrected chi connectivity index (χ4v) is 1.96. The number of nitrogens with zero attached hydrogens (tertiary/aromatic N) is 2. The summed E-state index contributed by atoms with van der Waals surface area (Å²) in [5, 5.41) is 11.4. The highest BCUT2D eigenvalue weighted by atomic mass is 16.5. The van der Waals surface area contributed by atoms with Crippen LogP contribution in [0.4, 0.5) is 0 Å². The standard InChI is InChI=1S/C15H21N3O2/c1-3-16-9-5-8-14-17-18-15(20-14)11-12-6-4-7-13(10-12)19-2/h4,6-7,10,16H,3,5,8-9,11H2,1-2H3. The Bertz CT molecular complexity index is 525. The van der Waals surface area contributed by atoms with Crippen molar-refractivity contribution in [2.75, 3.05) is 20.2 Å². The molecule has 0 aliphatic carbocycles. The molecular formula is C15H21N3O2. The minimum absolute atomic E-state index is 0.636. The van der Waals surface area contributed by atoms with Gasteiger partial charge in [-0.15, -0.1) is 10.2 Å². The second-order valence-corrected chi connectivity index (χ2v) is 4.57. The molecule has 0 fully saturated rings. The molecule has 5 nitrogen and oxygen atoms in total. The Kier molecular flexibility index (Phi) is 5.55. The van der Waals surface area contributed by atoms with Crippen LogP contribution in [0.1, 0.15) is 30.7 Å². The average molecular weight is 275 g/mol. The fourth-order valence-electron chi connectivity index (χ4n) is 1.96. The summed E-state index contributed by atoms with van der Waals surface area (Å²) in [7, 11) is 1.66. The average Bonchev–Trinajstić information content (AvgIpc) is 2.91. The van der Waals surface area contributed by atoms with Gasteiger partial charge >= 0.3 is 0 Å². The molecule has 0 spiro atoms. The van der Waals surface area contributed by atoms with E-state index in [1.807, 2.05) is 24.3 Å². The molecule has 1 heterocycles. The summed E-state index contributed by atoms with van der Waals surface area (Å²) in [4.78, 5) is 0. The van der Waals surface area contributed by atoms with Crippen molar-refractivity contribution in [2.24, 2.45) is 0 Å². The summed E-state index contributed by atoms with van der Waals surface area (Å²) < 4.78 is 10.9. The van der Waals surface area contributed by atoms with Crippen LogP contribution in [-0.2, 0) is 12.8 Å². The van der Waals surface area contributed by atoms with Crippen molar-refractivity contribution in [1.82, 2.24) is 15.5 Å². The van der Waals surface area contributed by atoms with Gasteiger partial charge in [-0.05, 0) is 37.2 Å². The Balaban J connectivity index is 1.88. The van der Waals surface area contributed by atoms with Crippen molar-refractivity contribution in [3.8, 4) is 5.75 Å². The molecule has 1 aromatic carbocycles. The van der Waals surface area contributed by atoms with Crippen molar-refractivity contribution < 1.29 is 9.15 Å². The second-order valence-electron chi connectivity index (χ2n) is 4.57. The van der Waals surface area contributed by atoms with E-state index in [1.165, 1.54) is 0 Å². The number of ether oxygens (including phenoxy) is 1. The molecule has 2 aromatic rings. The van der Waals surface area contributed by atoms with Gasteiger partial charge in [0.2, 0.25) is 11.8 Å². The van der Waals surface area contributed by atoms with E-state index < -0.39 is 0 Å². The number of benzene rings is 1. The molecule has 0 bridgehead atoms. The minimum Gasteiger partial charge on any atom is -0.497 e. The smallest absolute Gasteiger partial charge is 0.220 e. The van der Waals surface area contributed by atoms with Crippen LogP contribution < -0.4 is 10.1 Å². The van der Waals surface area contributed by atoms with E-state index in [9.17, 15) is 0 Å². The Hall–Kier alpha value is -1.88. The Morgan fingerprint density at radius 1 is 1.25 bits per heavy atom. The lowest BCUT2D eigenvalue weighted by Crippen LogP contribution is -2.14. The molecule has 0 saturated heterocycles. The zero-order chi connectivity index (χ0) is 14.2. The van der Waals surface area contributed by atoms with Crippen molar-refractivity contribution in [1.29, 1.82) is 0 Å². The summed E-state index contributed by atoms with van der Waals surface area (Å²) in [5.41, 5.74) is 1.10. The number of rotatable bonds is 8. The van der Waals surface area contributed by atoms with E-state index in [1.54, 1.807) is 7.11 Å². The van der Waals surface area contributed by atoms with Gasteiger partial charge in [-0.3, -0.25) is 0 Å². The molecule has 0 unspecified atom stereocenters. The molecule has 1 N–H and O–H groups in total. The number of hydrogen-bond acceptors (Lipinski definition) is 5. The van der Waals surface area contributed by atoms with E-state index in [-0.39, 0.29) is 0 Å². The molecule has 0 atom stereocenters. The highest BCUT2D eigenvalue weighted by molar-refractivity contribution is 5.29. The third-order valence-corrected chi connectivity index (χ3v) is 2.99. The quantitative estimate of drug-likeness (QED) is 0.748. The van der Waals surface area contributed by atoms with Crippen LogP contribution in [-0.4, -0.2) is 30.4 Å². The predicted molar refractivity (Wildman–Crippen MR) is 77.0 cm³/mol. The summed E-state index contributed by atoms with van der Waals surface area (Å²) in [5.74, 6) is 2.20. The van der Waals surface area contributed by atoms with Crippen molar-refractivity contribution in [2.45, 2.75) is 26.2 Å². The van der Waals surface area contributed by atoms with Crippen LogP contribution in [0, 0.1) is 0 Å². The largest absolute Gasteiger partial charge is 0.497 e. The van der Waals surface area contributed by atoms with Gasteiger partial charge in [0.25, 0.3) is 0 Å². The monoisotopic (exact) mass is 275 g/mol. The number of aryl methyl sites for hydroxylation is 1. The summed E-state index contributed by atoms with van der Waals surface area (Å²) in [6.07, 6.45) is 2.46. The topological polar surface area (TPSA) is 60.2 Å². The first kappa shape index (κ1) is 14.5. The Labute approximate surface area is 119 Å². The zero-order valence-corrected chi connectivity index (χ0v) is 12.1. The van der Waals surface area contributed by atoms with Crippen molar-refractivity contribution >= 4 is 0 Å². The Morgan fingerprint density at radius 2 is 2.10 bits per heavy atom. The van der Waals surface area contributed by atoms with Gasteiger partial charge in [0.15, 0.2) is 0 Å². The first-order valence-electron chi connectivity index (χ1n) is 6.96. The highest BCUT2D eigenvalue weighted by Crippen LogP contribution is 2.15. The van der Waals surface area contributed by atoms with Crippen molar-refractivity contribution in [3.63, 3.8) is 0 Å². The van der Waals surface area contributed by atoms with Gasteiger partial charge in [0.05, 0.1) is 13.5 Å². The van der Waals surface area contributed by atoms with E-state index in [0.717, 1.165) is 37.2 Å². The molecule has 2 rings (SSSR count). The molecule has 0 radical (unpaired) electrons. The molecule has 5 heteroatoms. The minimum atomic E-state index is 0.636. The molecule has 0 amide bonds. The molecule has 0 aliphatic rings. The van der Waals surface area contributed by atoms with Crippen LogP contribution in [0.25, 0.3) is 0 Å². The van der Waals surface area contributed by atoms with E-state index in [4.69, 9.17) is 9.15 Å². The summed E-state index contributed by atoms with van der Waals surface area (Å²) in [6.45, 7) is 4.06. The van der Waals surface area contributed by atoms with Gasteiger partial charge in [-0.25, -0.2) is 0 Å². The molecule has 108 valence electrons. The van der Waals surface area contributed by atoms with Crippen LogP contribution in [0.5, 0.6) is 5.75 Å². The normalized spacial score (nSPS) is 10.7. The first-order chi connectivity index (χ1) is 9.81. The molecule has 0 saturated carbocycles. The van der Waals surface area contributed by atoms with Gasteiger partial charge in [0, 0.05) is 6.42 Å². The van der Waals surface area contributed by atoms with E-state index in [2.05, 4.69) is 22.4 Å². The van der Waals surface area contributed by atoms with Gasteiger partial charge in [-0.2, -0.15) is 0 Å². The maximum absolute atomic E-state index is 5.65. The lowest BCUT2D eigenvalue weighted by atomic mass is 10.1. The Morgan fingerprint density at radius 3 is 2.90 bits per heavy atom. The van der Waals surface area contributed by atoms with Gasteiger partial charge < -0.3 is 14.5 Å². The molecular weight excluding hydrogens is 254 g/mol. The highest BCUT2D eigenvalue weighted by Gasteiger charge is 2.07. The van der Waals surface area contributed by atoms with Crippen molar-refractivity contribution in [3.05, 3.63) is 41.6 Å². The SMILES string of the molecule is CCNCCCc1nnc(Cc2cccc(OC)c2)o1. The van der Waals surface area contributed by atoms with Crippen LogP contribution in [0.2, 0.25) is 0 Å². The van der Waals surface area contributed by atoms with Crippen LogP contribution >= 0.6 is 0 Å². The third-order valence-electron chi connectivity index (χ3n) is 2.99. The zero-order valence-electron chi connectivity index (χ0n) is 12.1. The lowest BCUT2D eigenvalue weighted by Gasteiger charge is -2.01. The lowest BCUT2D eigenvalue weighted by molar-refractivity contribution is 0.414.